The topological polar surface area (TPSA) is 0 Å². The second-order valence-electron chi connectivity index (χ2n) is 32.7. The normalized spacial score (nSPS) is 15.6. The number of rotatable bonds is 41. The van der Waals surface area contributed by atoms with Gasteiger partial charge in [0.05, 0.1) is 0 Å². The molecular weight excluding hydrogens is 1310 g/mol. The fraction of sp³-hybridized carbons (Fsp3) is 0.339. The van der Waals surface area contributed by atoms with E-state index in [-0.39, 0.29) is 5.92 Å². The van der Waals surface area contributed by atoms with Gasteiger partial charge < -0.3 is 0 Å². The maximum atomic E-state index is 2.65. The molecule has 12 aromatic rings. The van der Waals surface area contributed by atoms with E-state index in [1.165, 1.54) is 83.5 Å². The Morgan fingerprint density at radius 2 is 0.312 bits per heavy atom. The molecule has 0 fully saturated rings. The number of aryl methyl sites for hydroxylation is 1. The molecule has 0 aliphatic carbocycles. The molecule has 0 heteroatoms. The Hall–Kier alpha value is -9.36. The van der Waals surface area contributed by atoms with E-state index in [2.05, 4.69) is 394 Å². The van der Waals surface area contributed by atoms with Crippen LogP contribution in [-0.4, -0.2) is 0 Å². The van der Waals surface area contributed by atoms with Gasteiger partial charge in [-0.2, -0.15) is 0 Å². The molecule has 12 aromatic carbocycles. The number of hydrogen-bond donors (Lipinski definition) is 0. The van der Waals surface area contributed by atoms with Gasteiger partial charge in [0.15, 0.2) is 0 Å². The lowest BCUT2D eigenvalue weighted by molar-refractivity contribution is 0.403. The first-order chi connectivity index (χ1) is 53.6. The van der Waals surface area contributed by atoms with E-state index in [9.17, 15) is 0 Å². The zero-order valence-electron chi connectivity index (χ0n) is 66.8. The Morgan fingerprint density at radius 1 is 0.156 bits per heavy atom. The van der Waals surface area contributed by atoms with Gasteiger partial charge in [-0.25, -0.2) is 0 Å². The summed E-state index contributed by atoms with van der Waals surface area (Å²) in [5.41, 5.74) is 21.9. The van der Waals surface area contributed by atoms with Crippen LogP contribution in [0.25, 0.3) is 0 Å². The van der Waals surface area contributed by atoms with Gasteiger partial charge in [0.1, 0.15) is 0 Å². The van der Waals surface area contributed by atoms with Gasteiger partial charge in [0.2, 0.25) is 0 Å². The molecule has 12 rings (SSSR count). The molecule has 13 atom stereocenters. The Morgan fingerprint density at radius 3 is 0.523 bits per heavy atom. The summed E-state index contributed by atoms with van der Waals surface area (Å²) in [6.07, 6.45) is 17.5. The summed E-state index contributed by atoms with van der Waals surface area (Å²) in [5, 5.41) is 0. The summed E-state index contributed by atoms with van der Waals surface area (Å²) < 4.78 is 0. The van der Waals surface area contributed by atoms with Crippen molar-refractivity contribution < 1.29 is 0 Å². The predicted molar refractivity (Wildman–Crippen MR) is 468 cm³/mol. The van der Waals surface area contributed by atoms with Crippen LogP contribution in [-0.2, 0) is 6.42 Å². The second-order valence-corrected chi connectivity index (χ2v) is 32.7. The van der Waals surface area contributed by atoms with Gasteiger partial charge in [0, 0.05) is 0 Å². The maximum absolute atomic E-state index is 2.65. The van der Waals surface area contributed by atoms with Crippen LogP contribution in [0.15, 0.2) is 346 Å². The quantitative estimate of drug-likeness (QED) is 0.0358. The van der Waals surface area contributed by atoms with Crippen molar-refractivity contribution in [2.75, 3.05) is 0 Å². The summed E-state index contributed by atoms with van der Waals surface area (Å²) in [6, 6.07) is 134. The summed E-state index contributed by atoms with van der Waals surface area (Å²) >= 11 is 0. The molecule has 13 unspecified atom stereocenters. The van der Waals surface area contributed by atoms with Crippen LogP contribution in [0.4, 0.5) is 0 Å². The minimum absolute atomic E-state index is 0.266. The van der Waals surface area contributed by atoms with Crippen molar-refractivity contribution in [2.24, 2.45) is 0 Å². The molecule has 109 heavy (non-hydrogen) atoms. The summed E-state index contributed by atoms with van der Waals surface area (Å²) in [5.74, 6) is 5.43. The maximum Gasteiger partial charge on any atom is -0.0150 e. The summed E-state index contributed by atoms with van der Waals surface area (Å²) in [7, 11) is 0. The van der Waals surface area contributed by atoms with Gasteiger partial charge in [-0.05, 0) is 269 Å². The number of hydrogen-bond acceptors (Lipinski definition) is 0. The molecule has 0 bridgehead atoms. The van der Waals surface area contributed by atoms with Crippen LogP contribution < -0.4 is 0 Å². The fourth-order valence-electron chi connectivity index (χ4n) is 18.9. The van der Waals surface area contributed by atoms with Crippen molar-refractivity contribution in [1.82, 2.24) is 0 Å². The highest BCUT2D eigenvalue weighted by Crippen LogP contribution is 2.49. The van der Waals surface area contributed by atoms with Crippen molar-refractivity contribution in [1.29, 1.82) is 0 Å². The average Bonchev–Trinajstić information content (AvgIpc) is 0.808. The molecular formula is C109H124. The summed E-state index contributed by atoms with van der Waals surface area (Å²) in [4.78, 5) is 0. The summed E-state index contributed by atoms with van der Waals surface area (Å²) in [6.45, 7) is 17.0. The van der Waals surface area contributed by atoms with Crippen molar-refractivity contribution in [3.05, 3.63) is 429 Å². The molecule has 0 heterocycles. The molecule has 560 valence electrons. The monoisotopic (exact) mass is 1430 g/mol. The molecule has 0 N–H and O–H groups in total. The predicted octanol–water partition coefficient (Wildman–Crippen LogP) is 31.1. The van der Waals surface area contributed by atoms with E-state index in [1.54, 1.807) is 0 Å². The van der Waals surface area contributed by atoms with Crippen molar-refractivity contribution in [3.8, 4) is 0 Å². The van der Waals surface area contributed by atoms with Crippen LogP contribution in [0.1, 0.15) is 311 Å². The first-order valence-electron chi connectivity index (χ1n) is 42.3. The average molecular weight is 1430 g/mol. The zero-order chi connectivity index (χ0) is 75.4. The van der Waals surface area contributed by atoms with Gasteiger partial charge in [-0.15, -0.1) is 0 Å². The van der Waals surface area contributed by atoms with Gasteiger partial charge in [-0.3, -0.25) is 0 Å². The van der Waals surface area contributed by atoms with E-state index in [0.29, 0.717) is 76.9 Å². The molecule has 0 spiro atoms. The van der Waals surface area contributed by atoms with E-state index < -0.39 is 0 Å². The van der Waals surface area contributed by atoms with Crippen LogP contribution in [0.5, 0.6) is 0 Å². The Bertz CT molecular complexity index is 4380. The molecule has 0 aromatic heterocycles. The van der Waals surface area contributed by atoms with Gasteiger partial charge in [-0.1, -0.05) is 394 Å². The van der Waals surface area contributed by atoms with Gasteiger partial charge >= 0.3 is 0 Å². The molecule has 0 nitrogen and oxygen atoms in total. The minimum atomic E-state index is 0.266. The molecule has 0 amide bonds. The fourth-order valence-corrected chi connectivity index (χ4v) is 18.9. The molecule has 0 saturated heterocycles. The lowest BCUT2D eigenvalue weighted by Gasteiger charge is -2.33. The van der Waals surface area contributed by atoms with E-state index in [4.69, 9.17) is 0 Å². The highest BCUT2D eigenvalue weighted by Gasteiger charge is 2.32. The Kier molecular flexibility index (Phi) is 30.1. The molecule has 0 saturated carbocycles. The van der Waals surface area contributed by atoms with Crippen LogP contribution >= 0.6 is 0 Å². The molecule has 0 aliphatic rings. The third-order valence-corrected chi connectivity index (χ3v) is 25.6. The Balaban J connectivity index is 0.971. The van der Waals surface area contributed by atoms with Gasteiger partial charge in [0.25, 0.3) is 0 Å². The Labute approximate surface area is 659 Å². The number of benzene rings is 12. The SMILES string of the molecule is CCC(CC(CC(CC)c1ccccc1)c1ccc(C(CC(CC)c2ccccc2)CC(CC(CC(C)c2ccccc2)c2ccc(CCC(C)c3ccccc3)cc2)c2ccc(C(CC(CC(C)c3ccccc3)c3ccccc3)CC(CC(CC)c3ccccc3)c3ccccc3)cc2)cc1)c1ccccc1. The lowest BCUT2D eigenvalue weighted by Crippen LogP contribution is -2.16. The smallest absolute Gasteiger partial charge is 0.0150 e. The third-order valence-electron chi connectivity index (χ3n) is 25.6. The first-order valence-corrected chi connectivity index (χ1v) is 42.3. The van der Waals surface area contributed by atoms with E-state index >= 15 is 0 Å². The van der Waals surface area contributed by atoms with Crippen LogP contribution in [0.2, 0.25) is 0 Å². The molecule has 0 radical (unpaired) electrons. The zero-order valence-corrected chi connectivity index (χ0v) is 66.8. The first kappa shape index (κ1) is 79.2. The van der Waals surface area contributed by atoms with E-state index in [1.807, 2.05) is 0 Å². The highest BCUT2D eigenvalue weighted by atomic mass is 14.4. The van der Waals surface area contributed by atoms with Crippen molar-refractivity contribution in [2.45, 2.75) is 234 Å². The molecule has 0 aliphatic heterocycles. The third kappa shape index (κ3) is 22.7. The minimum Gasteiger partial charge on any atom is -0.0648 e. The van der Waals surface area contributed by atoms with Crippen LogP contribution in [0.3, 0.4) is 0 Å². The van der Waals surface area contributed by atoms with Crippen LogP contribution in [0, 0.1) is 0 Å². The lowest BCUT2D eigenvalue weighted by atomic mass is 9.72. The van der Waals surface area contributed by atoms with Crippen molar-refractivity contribution in [3.63, 3.8) is 0 Å². The second kappa shape index (κ2) is 41.4. The van der Waals surface area contributed by atoms with E-state index in [0.717, 1.165) is 103 Å². The largest absolute Gasteiger partial charge is 0.0648 e. The standard InChI is InChI=1S/C109H124/c1-8-85(92-45-27-15-28-46-92)73-105(74-86(9-2)93-47-29-16-30-48-93)99-63-65-100(66-64-99)107(76-88(11-4)95-51-33-18-34-52-95)80-109(78-104(72-83(7)91-43-25-14-26-44-91)98-61-59-84(60-62-98)58-57-81(5)89-39-21-12-22-40-89)102-69-67-101(68-70-102)108(77-103(96-53-35-19-36-54-96)71-82(6)90-41-23-13-24-42-90)79-106(97-55-37-20-38-56-97)75-87(10-3)94-49-31-17-32-50-94/h12-56,59-70,81-83,85-88,103-109H,8-11,57-58,71-80H2,1-7H3. The van der Waals surface area contributed by atoms with Crippen molar-refractivity contribution >= 4 is 0 Å². The highest BCUT2D eigenvalue weighted by molar-refractivity contribution is 5.38.